The fraction of sp³-hybridized carbons (Fsp3) is 0.333. The van der Waals surface area contributed by atoms with E-state index in [0.717, 1.165) is 5.69 Å². The first-order valence-corrected chi connectivity index (χ1v) is 8.70. The molecular weight excluding hydrogens is 357 g/mol. The zero-order valence-corrected chi connectivity index (χ0v) is 15.3. The summed E-state index contributed by atoms with van der Waals surface area (Å²) in [6.45, 7) is 1.97. The molecule has 26 heavy (non-hydrogen) atoms. The Morgan fingerprint density at radius 1 is 1.27 bits per heavy atom. The smallest absolute Gasteiger partial charge is 0.271 e. The molecule has 0 aliphatic heterocycles. The molecule has 0 saturated heterocycles. The van der Waals surface area contributed by atoms with E-state index in [1.807, 2.05) is 0 Å². The van der Waals surface area contributed by atoms with Crippen LogP contribution in [0.5, 0.6) is 0 Å². The minimum atomic E-state index is -0.507. The van der Waals surface area contributed by atoms with Crippen LogP contribution in [-0.2, 0) is 13.6 Å². The van der Waals surface area contributed by atoms with Crippen LogP contribution in [0.2, 0.25) is 5.02 Å². The Hall–Kier alpha value is -2.54. The Morgan fingerprint density at radius 3 is 2.62 bits per heavy atom. The topological polar surface area (TPSA) is 72.7 Å². The number of amides is 1. The zero-order chi connectivity index (χ0) is 18.7. The average molecular weight is 376 g/mol. The molecule has 136 valence electrons. The lowest BCUT2D eigenvalue weighted by molar-refractivity contribution is 0.0944. The van der Waals surface area contributed by atoms with Gasteiger partial charge >= 0.3 is 0 Å². The van der Waals surface area contributed by atoms with E-state index in [1.54, 1.807) is 18.5 Å². The second-order valence-corrected chi connectivity index (χ2v) is 6.54. The number of fused-ring (bicyclic) bond motifs is 1. The number of nitrogens with one attached hydrogen (secondary N) is 1. The van der Waals surface area contributed by atoms with Crippen molar-refractivity contribution in [3.63, 3.8) is 0 Å². The van der Waals surface area contributed by atoms with Gasteiger partial charge in [-0.05, 0) is 13.0 Å². The van der Waals surface area contributed by atoms with Crippen molar-refractivity contribution in [3.8, 4) is 0 Å². The number of carbonyl (C=O) groups is 1. The van der Waals surface area contributed by atoms with Gasteiger partial charge in [0, 0.05) is 19.3 Å². The van der Waals surface area contributed by atoms with Crippen molar-refractivity contribution in [2.24, 2.45) is 7.05 Å². The number of benzene rings is 1. The quantitative estimate of drug-likeness (QED) is 0.759. The molecule has 1 aromatic carbocycles. The van der Waals surface area contributed by atoms with Gasteiger partial charge in [-0.15, -0.1) is 0 Å². The number of hydrogen-bond acceptors (Lipinski definition) is 4. The van der Waals surface area contributed by atoms with Gasteiger partial charge in [-0.1, -0.05) is 30.9 Å². The molecule has 1 fully saturated rings. The van der Waals surface area contributed by atoms with Gasteiger partial charge in [0.1, 0.15) is 17.3 Å². The summed E-state index contributed by atoms with van der Waals surface area (Å²) in [5, 5.41) is 2.73. The summed E-state index contributed by atoms with van der Waals surface area (Å²) in [5.41, 5.74) is 2.13. The van der Waals surface area contributed by atoms with Crippen LogP contribution in [0.1, 0.15) is 41.3 Å². The van der Waals surface area contributed by atoms with Crippen LogP contribution in [0.15, 0.2) is 24.5 Å². The molecule has 3 aromatic rings. The summed E-state index contributed by atoms with van der Waals surface area (Å²) in [5.74, 6) is -0.281. The van der Waals surface area contributed by atoms with Crippen LogP contribution in [0.25, 0.3) is 11.0 Å². The second-order valence-electron chi connectivity index (χ2n) is 6.13. The molecule has 1 aliphatic rings. The fourth-order valence-electron chi connectivity index (χ4n) is 2.15. The van der Waals surface area contributed by atoms with Crippen molar-refractivity contribution in [1.82, 2.24) is 24.8 Å². The van der Waals surface area contributed by atoms with E-state index in [9.17, 15) is 9.18 Å². The molecule has 0 bridgehead atoms. The lowest BCUT2D eigenvalue weighted by atomic mass is 10.3. The van der Waals surface area contributed by atoms with Crippen molar-refractivity contribution in [3.05, 3.63) is 52.6 Å². The predicted octanol–water partition coefficient (Wildman–Crippen LogP) is 3.56. The van der Waals surface area contributed by atoms with E-state index in [4.69, 9.17) is 11.6 Å². The Bertz CT molecular complexity index is 934. The standard InChI is InChI=1S/C15H13ClFN5O.C3H6/c1-8-5-19-12(6-18-8)15(23)20-7-14-21-11-3-9(16)10(17)4-13(11)22(14)2;1-2-3-1/h3-6H,7H2,1-2H3,(H,20,23);1-3H2. The number of nitrogens with zero attached hydrogens (tertiary/aromatic N) is 4. The van der Waals surface area contributed by atoms with Gasteiger partial charge in [-0.2, -0.15) is 0 Å². The summed E-state index contributed by atoms with van der Waals surface area (Å²) in [6.07, 6.45) is 7.43. The average Bonchev–Trinajstić information content (AvgIpc) is 3.47. The number of aryl methyl sites for hydroxylation is 2. The summed E-state index contributed by atoms with van der Waals surface area (Å²) < 4.78 is 15.3. The molecule has 0 spiro atoms. The van der Waals surface area contributed by atoms with Crippen molar-refractivity contribution >= 4 is 28.5 Å². The number of aromatic nitrogens is 4. The second kappa shape index (κ2) is 7.78. The Morgan fingerprint density at radius 2 is 2.00 bits per heavy atom. The first-order valence-electron chi connectivity index (χ1n) is 8.33. The van der Waals surface area contributed by atoms with Gasteiger partial charge in [0.2, 0.25) is 0 Å². The van der Waals surface area contributed by atoms with E-state index in [1.165, 1.54) is 43.8 Å². The maximum Gasteiger partial charge on any atom is 0.271 e. The molecular formula is C18H19ClFN5O. The molecule has 2 aromatic heterocycles. The largest absolute Gasteiger partial charge is 0.343 e. The Balaban J connectivity index is 0.000000592. The van der Waals surface area contributed by atoms with Crippen molar-refractivity contribution < 1.29 is 9.18 Å². The van der Waals surface area contributed by atoms with Gasteiger partial charge in [0.15, 0.2) is 0 Å². The number of rotatable bonds is 3. The molecule has 8 heteroatoms. The molecule has 0 radical (unpaired) electrons. The first kappa shape index (κ1) is 18.3. The molecule has 0 unspecified atom stereocenters. The summed E-state index contributed by atoms with van der Waals surface area (Å²) in [7, 11) is 1.75. The Kier molecular flexibility index (Phi) is 5.46. The SMILES string of the molecule is C1CC1.Cc1cnc(C(=O)NCc2nc3cc(Cl)c(F)cc3n2C)cn1. The van der Waals surface area contributed by atoms with E-state index in [-0.39, 0.29) is 23.2 Å². The number of halogens is 2. The third-order valence-electron chi connectivity index (χ3n) is 3.79. The maximum absolute atomic E-state index is 13.5. The molecule has 2 heterocycles. The zero-order valence-electron chi connectivity index (χ0n) is 14.6. The van der Waals surface area contributed by atoms with Crippen molar-refractivity contribution in [2.45, 2.75) is 32.7 Å². The molecule has 4 rings (SSSR count). The molecule has 0 atom stereocenters. The number of hydrogen-bond donors (Lipinski definition) is 1. The van der Waals surface area contributed by atoms with E-state index < -0.39 is 5.82 Å². The maximum atomic E-state index is 13.5. The molecule has 1 saturated carbocycles. The molecule has 6 nitrogen and oxygen atoms in total. The first-order chi connectivity index (χ1) is 12.5. The fourth-order valence-corrected chi connectivity index (χ4v) is 2.31. The van der Waals surface area contributed by atoms with E-state index in [0.29, 0.717) is 16.9 Å². The minimum absolute atomic E-state index is 0.0149. The van der Waals surface area contributed by atoms with Crippen LogP contribution in [-0.4, -0.2) is 25.4 Å². The minimum Gasteiger partial charge on any atom is -0.343 e. The van der Waals surface area contributed by atoms with Crippen LogP contribution in [0.4, 0.5) is 4.39 Å². The van der Waals surface area contributed by atoms with Crippen LogP contribution in [0, 0.1) is 12.7 Å². The van der Waals surface area contributed by atoms with E-state index in [2.05, 4.69) is 20.3 Å². The van der Waals surface area contributed by atoms with E-state index >= 15 is 0 Å². The summed E-state index contributed by atoms with van der Waals surface area (Å²) in [4.78, 5) is 24.4. The third-order valence-corrected chi connectivity index (χ3v) is 4.08. The van der Waals surface area contributed by atoms with Gasteiger partial charge in [0.05, 0.1) is 34.5 Å². The lowest BCUT2D eigenvalue weighted by Crippen LogP contribution is -2.25. The number of carbonyl (C=O) groups excluding carboxylic acids is 1. The monoisotopic (exact) mass is 375 g/mol. The summed E-state index contributed by atoms with van der Waals surface area (Å²) >= 11 is 5.76. The molecule has 1 aliphatic carbocycles. The third kappa shape index (κ3) is 4.35. The number of imidazole rings is 1. The van der Waals surface area contributed by atoms with Gasteiger partial charge in [0.25, 0.3) is 5.91 Å². The van der Waals surface area contributed by atoms with Gasteiger partial charge in [-0.3, -0.25) is 9.78 Å². The van der Waals surface area contributed by atoms with Crippen LogP contribution >= 0.6 is 11.6 Å². The highest BCUT2D eigenvalue weighted by molar-refractivity contribution is 6.31. The van der Waals surface area contributed by atoms with Gasteiger partial charge in [-0.25, -0.2) is 14.4 Å². The van der Waals surface area contributed by atoms with Crippen molar-refractivity contribution in [1.29, 1.82) is 0 Å². The highest BCUT2D eigenvalue weighted by Gasteiger charge is 2.13. The van der Waals surface area contributed by atoms with Gasteiger partial charge < -0.3 is 9.88 Å². The van der Waals surface area contributed by atoms with Crippen LogP contribution < -0.4 is 5.32 Å². The Labute approximate surface area is 155 Å². The molecule has 1 amide bonds. The summed E-state index contributed by atoms with van der Waals surface area (Å²) in [6, 6.07) is 2.78. The molecule has 1 N–H and O–H groups in total. The highest BCUT2D eigenvalue weighted by Crippen LogP contribution is 2.23. The normalized spacial score (nSPS) is 12.5. The highest BCUT2D eigenvalue weighted by atomic mass is 35.5. The lowest BCUT2D eigenvalue weighted by Gasteiger charge is -2.05. The predicted molar refractivity (Wildman–Crippen MR) is 97.5 cm³/mol. The van der Waals surface area contributed by atoms with Crippen LogP contribution in [0.3, 0.4) is 0 Å². The van der Waals surface area contributed by atoms with Crippen molar-refractivity contribution in [2.75, 3.05) is 0 Å².